The van der Waals surface area contributed by atoms with Crippen molar-refractivity contribution in [1.29, 1.82) is 0 Å². The van der Waals surface area contributed by atoms with Crippen molar-refractivity contribution in [2.45, 2.75) is 26.7 Å². The minimum atomic E-state index is -1.35. The number of aromatic carboxylic acids is 1. The molecule has 0 unspecified atom stereocenters. The lowest BCUT2D eigenvalue weighted by molar-refractivity contribution is 0.0689. The van der Waals surface area contributed by atoms with Gasteiger partial charge in [-0.2, -0.15) is 0 Å². The molecule has 0 heterocycles. The summed E-state index contributed by atoms with van der Waals surface area (Å²) in [5, 5.41) is 9.14. The van der Waals surface area contributed by atoms with Crippen molar-refractivity contribution < 1.29 is 19.0 Å². The van der Waals surface area contributed by atoms with Crippen LogP contribution in [0.4, 0.5) is 4.39 Å². The van der Waals surface area contributed by atoms with Crippen LogP contribution in [0.25, 0.3) is 0 Å². The van der Waals surface area contributed by atoms with Crippen LogP contribution in [0.15, 0.2) is 36.4 Å². The number of carboxylic acids is 1. The zero-order valence-electron chi connectivity index (χ0n) is 12.2. The van der Waals surface area contributed by atoms with Gasteiger partial charge in [-0.15, -0.1) is 0 Å². The van der Waals surface area contributed by atoms with Gasteiger partial charge in [0.2, 0.25) is 0 Å². The topological polar surface area (TPSA) is 46.5 Å². The second-order valence-electron chi connectivity index (χ2n) is 5.22. The van der Waals surface area contributed by atoms with E-state index in [2.05, 4.69) is 0 Å². The van der Waals surface area contributed by atoms with Gasteiger partial charge in [0, 0.05) is 0 Å². The molecule has 110 valence electrons. The molecule has 0 saturated carbocycles. The first kappa shape index (κ1) is 15.0. The molecule has 0 bridgehead atoms. The number of aryl methyl sites for hydroxylation is 1. The third-order valence-electron chi connectivity index (χ3n) is 3.20. The predicted octanol–water partition coefficient (Wildman–Crippen LogP) is 4.75. The average Bonchev–Trinajstić information content (AvgIpc) is 2.37. The van der Waals surface area contributed by atoms with Gasteiger partial charge in [-0.3, -0.25) is 0 Å². The fourth-order valence-electron chi connectivity index (χ4n) is 2.12. The molecule has 0 amide bonds. The molecule has 0 fully saturated rings. The Bertz CT molecular complexity index is 678. The van der Waals surface area contributed by atoms with Gasteiger partial charge < -0.3 is 9.84 Å². The summed E-state index contributed by atoms with van der Waals surface area (Å²) >= 11 is 0. The smallest absolute Gasteiger partial charge is 0.342 e. The number of hydrogen-bond acceptors (Lipinski definition) is 2. The van der Waals surface area contributed by atoms with Crippen molar-refractivity contribution in [3.8, 4) is 11.5 Å². The van der Waals surface area contributed by atoms with Crippen LogP contribution in [-0.4, -0.2) is 11.1 Å². The summed E-state index contributed by atoms with van der Waals surface area (Å²) in [4.78, 5) is 11.2. The summed E-state index contributed by atoms with van der Waals surface area (Å²) in [6.45, 7) is 5.95. The van der Waals surface area contributed by atoms with Crippen LogP contribution in [-0.2, 0) is 0 Å². The Labute approximate surface area is 123 Å². The summed E-state index contributed by atoms with van der Waals surface area (Å²) in [6.07, 6.45) is 0. The number of halogens is 1. The van der Waals surface area contributed by atoms with Crippen LogP contribution in [0.1, 0.15) is 41.3 Å². The summed E-state index contributed by atoms with van der Waals surface area (Å²) in [5.74, 6) is -1.38. The molecule has 3 nitrogen and oxygen atoms in total. The van der Waals surface area contributed by atoms with Gasteiger partial charge in [0.15, 0.2) is 0 Å². The van der Waals surface area contributed by atoms with E-state index >= 15 is 0 Å². The third kappa shape index (κ3) is 3.21. The molecule has 2 aromatic rings. The molecule has 0 aliphatic carbocycles. The van der Waals surface area contributed by atoms with Crippen molar-refractivity contribution in [3.05, 3.63) is 58.9 Å². The number of carbonyl (C=O) groups is 1. The van der Waals surface area contributed by atoms with Crippen LogP contribution in [0, 0.1) is 12.7 Å². The zero-order chi connectivity index (χ0) is 15.6. The van der Waals surface area contributed by atoms with Crippen molar-refractivity contribution >= 4 is 5.97 Å². The van der Waals surface area contributed by atoms with E-state index in [1.807, 2.05) is 39.0 Å². The molecule has 21 heavy (non-hydrogen) atoms. The van der Waals surface area contributed by atoms with Crippen molar-refractivity contribution in [2.24, 2.45) is 0 Å². The molecular formula is C17H17FO3. The first-order valence-electron chi connectivity index (χ1n) is 6.70. The van der Waals surface area contributed by atoms with Crippen molar-refractivity contribution in [2.75, 3.05) is 0 Å². The van der Waals surface area contributed by atoms with Gasteiger partial charge in [-0.25, -0.2) is 9.18 Å². The molecule has 2 aromatic carbocycles. The molecular weight excluding hydrogens is 271 g/mol. The second kappa shape index (κ2) is 5.95. The predicted molar refractivity (Wildman–Crippen MR) is 78.7 cm³/mol. The number of carboxylic acid groups (broad SMARTS) is 1. The Morgan fingerprint density at radius 1 is 1.19 bits per heavy atom. The van der Waals surface area contributed by atoms with Gasteiger partial charge in [0.05, 0.1) is 0 Å². The van der Waals surface area contributed by atoms with E-state index in [-0.39, 0.29) is 11.7 Å². The van der Waals surface area contributed by atoms with Crippen LogP contribution in [0.2, 0.25) is 0 Å². The summed E-state index contributed by atoms with van der Waals surface area (Å²) in [6, 6.07) is 9.73. The van der Waals surface area contributed by atoms with E-state index in [0.29, 0.717) is 5.75 Å². The SMILES string of the molecule is Cc1ccc(C(C)C)c(Oc2cccc(F)c2C(=O)O)c1. The fraction of sp³-hybridized carbons (Fsp3) is 0.235. The lowest BCUT2D eigenvalue weighted by Gasteiger charge is -2.16. The van der Waals surface area contributed by atoms with Gasteiger partial charge in [-0.1, -0.05) is 32.0 Å². The molecule has 2 rings (SSSR count). The molecule has 0 saturated heterocycles. The standard InChI is InChI=1S/C17H17FO3/c1-10(2)12-8-7-11(3)9-15(12)21-14-6-4-5-13(18)16(14)17(19)20/h4-10H,1-3H3,(H,19,20). The molecule has 0 spiro atoms. The normalized spacial score (nSPS) is 10.7. The number of rotatable bonds is 4. The van der Waals surface area contributed by atoms with Crippen LogP contribution in [0.5, 0.6) is 11.5 Å². The van der Waals surface area contributed by atoms with E-state index in [1.165, 1.54) is 12.1 Å². The summed E-state index contributed by atoms with van der Waals surface area (Å²) in [5.41, 5.74) is 1.48. The van der Waals surface area contributed by atoms with Gasteiger partial charge >= 0.3 is 5.97 Å². The first-order chi connectivity index (χ1) is 9.90. The highest BCUT2D eigenvalue weighted by Gasteiger charge is 2.19. The minimum absolute atomic E-state index is 0.00926. The van der Waals surface area contributed by atoms with Gasteiger partial charge in [0.25, 0.3) is 0 Å². The first-order valence-corrected chi connectivity index (χ1v) is 6.70. The monoisotopic (exact) mass is 288 g/mol. The molecule has 0 aliphatic heterocycles. The maximum Gasteiger partial charge on any atom is 0.342 e. The summed E-state index contributed by atoms with van der Waals surface area (Å²) < 4.78 is 19.4. The Balaban J connectivity index is 2.50. The van der Waals surface area contributed by atoms with Crippen LogP contribution in [0.3, 0.4) is 0 Å². The molecule has 0 radical (unpaired) electrons. The van der Waals surface area contributed by atoms with E-state index in [9.17, 15) is 9.18 Å². The number of ether oxygens (including phenoxy) is 1. The molecule has 4 heteroatoms. The highest BCUT2D eigenvalue weighted by atomic mass is 19.1. The van der Waals surface area contributed by atoms with Crippen LogP contribution < -0.4 is 4.74 Å². The minimum Gasteiger partial charge on any atom is -0.477 e. The maximum absolute atomic E-state index is 13.7. The maximum atomic E-state index is 13.7. The van der Waals surface area contributed by atoms with E-state index in [0.717, 1.165) is 17.2 Å². The second-order valence-corrected chi connectivity index (χ2v) is 5.22. The third-order valence-corrected chi connectivity index (χ3v) is 3.20. The summed E-state index contributed by atoms with van der Waals surface area (Å²) in [7, 11) is 0. The highest BCUT2D eigenvalue weighted by Crippen LogP contribution is 2.33. The zero-order valence-corrected chi connectivity index (χ0v) is 12.2. The van der Waals surface area contributed by atoms with E-state index < -0.39 is 17.3 Å². The lowest BCUT2D eigenvalue weighted by Crippen LogP contribution is -2.04. The molecule has 0 aliphatic rings. The number of hydrogen-bond donors (Lipinski definition) is 1. The van der Waals surface area contributed by atoms with Crippen molar-refractivity contribution in [1.82, 2.24) is 0 Å². The number of benzene rings is 2. The van der Waals surface area contributed by atoms with Gasteiger partial charge in [-0.05, 0) is 42.2 Å². The lowest BCUT2D eigenvalue weighted by atomic mass is 10.0. The Morgan fingerprint density at radius 3 is 2.52 bits per heavy atom. The van der Waals surface area contributed by atoms with Gasteiger partial charge in [0.1, 0.15) is 22.9 Å². The molecule has 0 aromatic heterocycles. The Hall–Kier alpha value is -2.36. The Kier molecular flexibility index (Phi) is 4.26. The van der Waals surface area contributed by atoms with E-state index in [1.54, 1.807) is 0 Å². The Morgan fingerprint density at radius 2 is 1.90 bits per heavy atom. The van der Waals surface area contributed by atoms with Crippen LogP contribution >= 0.6 is 0 Å². The quantitative estimate of drug-likeness (QED) is 0.883. The molecule has 0 atom stereocenters. The van der Waals surface area contributed by atoms with Crippen molar-refractivity contribution in [3.63, 3.8) is 0 Å². The fourth-order valence-corrected chi connectivity index (χ4v) is 2.12. The van der Waals surface area contributed by atoms with E-state index in [4.69, 9.17) is 9.84 Å². The molecule has 1 N–H and O–H groups in total. The highest BCUT2D eigenvalue weighted by molar-refractivity contribution is 5.91. The average molecular weight is 288 g/mol. The largest absolute Gasteiger partial charge is 0.477 e.